The molecule has 0 amide bonds. The Labute approximate surface area is 135 Å². The zero-order valence-corrected chi connectivity index (χ0v) is 13.5. The van der Waals surface area contributed by atoms with Crippen LogP contribution in [0, 0.1) is 0 Å². The van der Waals surface area contributed by atoms with Crippen LogP contribution in [0.15, 0.2) is 35.1 Å². The first-order valence-electron chi connectivity index (χ1n) is 5.87. The van der Waals surface area contributed by atoms with Crippen molar-refractivity contribution in [2.45, 2.75) is 6.54 Å². The summed E-state index contributed by atoms with van der Waals surface area (Å²) in [4.78, 5) is 10.3. The third-order valence-corrected chi connectivity index (χ3v) is 3.77. The smallest absolute Gasteiger partial charge is 0.225 e. The fourth-order valence-corrected chi connectivity index (χ4v) is 2.22. The van der Waals surface area contributed by atoms with Gasteiger partial charge in [0, 0.05) is 25.5 Å². The minimum absolute atomic E-state index is 0.0146. The summed E-state index contributed by atoms with van der Waals surface area (Å²) >= 11 is 15.2. The molecule has 0 aliphatic heterocycles. The predicted octanol–water partition coefficient (Wildman–Crippen LogP) is 3.54. The second-order valence-corrected chi connectivity index (χ2v) is 5.82. The molecule has 0 bridgehead atoms. The molecule has 0 unspecified atom stereocenters. The van der Waals surface area contributed by atoms with Crippen LogP contribution in [0.25, 0.3) is 0 Å². The second kappa shape index (κ2) is 7.22. The summed E-state index contributed by atoms with van der Waals surface area (Å²) in [5, 5.41) is 10.2. The first-order valence-corrected chi connectivity index (χ1v) is 7.42. The molecular weight excluding hydrogens is 365 g/mol. The van der Waals surface area contributed by atoms with Gasteiger partial charge >= 0.3 is 0 Å². The van der Waals surface area contributed by atoms with E-state index in [4.69, 9.17) is 23.2 Å². The third kappa shape index (κ3) is 4.06. The Bertz CT molecular complexity index is 580. The van der Waals surface area contributed by atoms with E-state index in [1.807, 2.05) is 11.0 Å². The molecule has 20 heavy (non-hydrogen) atoms. The number of nitrogens with zero attached hydrogens (tertiary/aromatic N) is 3. The lowest BCUT2D eigenvalue weighted by Crippen LogP contribution is -2.27. The van der Waals surface area contributed by atoms with Crippen molar-refractivity contribution in [1.29, 1.82) is 0 Å². The lowest BCUT2D eigenvalue weighted by molar-refractivity contribution is 0.300. The van der Waals surface area contributed by atoms with Crippen LogP contribution in [0.2, 0.25) is 10.0 Å². The van der Waals surface area contributed by atoms with Gasteiger partial charge in [-0.3, -0.25) is 0 Å². The van der Waals surface area contributed by atoms with Crippen molar-refractivity contribution >= 4 is 45.1 Å². The number of rotatable bonds is 5. The normalized spacial score (nSPS) is 10.6. The minimum atomic E-state index is 0.0146. The molecule has 7 heteroatoms. The van der Waals surface area contributed by atoms with Crippen LogP contribution in [0.3, 0.4) is 0 Å². The molecule has 0 fully saturated rings. The Hall–Kier alpha value is -0.880. The van der Waals surface area contributed by atoms with Gasteiger partial charge in [0.2, 0.25) is 5.95 Å². The molecule has 1 N–H and O–H groups in total. The number of hydrogen-bond donors (Lipinski definition) is 1. The van der Waals surface area contributed by atoms with Crippen LogP contribution in [0.4, 0.5) is 5.95 Å². The first-order chi connectivity index (χ1) is 9.60. The Balaban J connectivity index is 2.20. The Morgan fingerprint density at radius 1 is 1.15 bits per heavy atom. The van der Waals surface area contributed by atoms with E-state index in [0.29, 0.717) is 29.1 Å². The molecule has 0 aliphatic carbocycles. The maximum Gasteiger partial charge on any atom is 0.225 e. The van der Waals surface area contributed by atoms with Gasteiger partial charge in [-0.1, -0.05) is 29.3 Å². The highest BCUT2D eigenvalue weighted by Crippen LogP contribution is 2.24. The number of aliphatic hydroxyl groups excluding tert-OH is 1. The maximum atomic E-state index is 9.18. The summed E-state index contributed by atoms with van der Waals surface area (Å²) in [5.41, 5.74) is 0.972. The van der Waals surface area contributed by atoms with Crippen molar-refractivity contribution < 1.29 is 5.11 Å². The Morgan fingerprint density at radius 3 is 2.45 bits per heavy atom. The molecule has 1 aromatic carbocycles. The van der Waals surface area contributed by atoms with Gasteiger partial charge in [-0.05, 0) is 33.6 Å². The first kappa shape index (κ1) is 15.5. The number of hydrogen-bond acceptors (Lipinski definition) is 4. The number of halogens is 3. The SMILES string of the molecule is OCCN(Cc1ccc(Cl)c(Cl)c1)c1ncc(Br)cn1. The molecular formula is C13H12BrCl2N3O. The zero-order valence-electron chi connectivity index (χ0n) is 10.4. The van der Waals surface area contributed by atoms with E-state index in [9.17, 15) is 5.11 Å². The quantitative estimate of drug-likeness (QED) is 0.866. The molecule has 0 saturated heterocycles. The summed E-state index contributed by atoms with van der Waals surface area (Å²) < 4.78 is 0.805. The van der Waals surface area contributed by atoms with Crippen molar-refractivity contribution in [3.8, 4) is 0 Å². The molecule has 0 radical (unpaired) electrons. The molecule has 0 spiro atoms. The summed E-state index contributed by atoms with van der Waals surface area (Å²) in [6.07, 6.45) is 3.34. The van der Waals surface area contributed by atoms with Crippen LogP contribution in [0.5, 0.6) is 0 Å². The van der Waals surface area contributed by atoms with E-state index in [1.165, 1.54) is 0 Å². The molecule has 2 rings (SSSR count). The van der Waals surface area contributed by atoms with Gasteiger partial charge in [-0.15, -0.1) is 0 Å². The lowest BCUT2D eigenvalue weighted by Gasteiger charge is -2.21. The highest BCUT2D eigenvalue weighted by Gasteiger charge is 2.10. The van der Waals surface area contributed by atoms with Gasteiger partial charge < -0.3 is 10.0 Å². The van der Waals surface area contributed by atoms with E-state index in [2.05, 4.69) is 25.9 Å². The number of aromatic nitrogens is 2. The average molecular weight is 377 g/mol. The zero-order chi connectivity index (χ0) is 14.5. The van der Waals surface area contributed by atoms with Crippen LogP contribution in [-0.2, 0) is 6.54 Å². The highest BCUT2D eigenvalue weighted by atomic mass is 79.9. The van der Waals surface area contributed by atoms with Gasteiger partial charge in [0.1, 0.15) is 0 Å². The second-order valence-electron chi connectivity index (χ2n) is 4.09. The van der Waals surface area contributed by atoms with Crippen molar-refractivity contribution in [2.24, 2.45) is 0 Å². The Morgan fingerprint density at radius 2 is 1.85 bits per heavy atom. The van der Waals surface area contributed by atoms with Crippen molar-refractivity contribution in [3.63, 3.8) is 0 Å². The molecule has 4 nitrogen and oxygen atoms in total. The number of benzene rings is 1. The van der Waals surface area contributed by atoms with E-state index >= 15 is 0 Å². The molecule has 1 aromatic heterocycles. The summed E-state index contributed by atoms with van der Waals surface area (Å²) in [5.74, 6) is 0.549. The van der Waals surface area contributed by atoms with Gasteiger partial charge in [0.25, 0.3) is 0 Å². The van der Waals surface area contributed by atoms with Crippen LogP contribution in [-0.4, -0.2) is 28.2 Å². The molecule has 0 atom stereocenters. The third-order valence-electron chi connectivity index (χ3n) is 2.62. The fourth-order valence-electron chi connectivity index (χ4n) is 1.70. The van der Waals surface area contributed by atoms with E-state index in [0.717, 1.165) is 10.0 Å². The largest absolute Gasteiger partial charge is 0.395 e. The summed E-state index contributed by atoms with van der Waals surface area (Å²) in [6.45, 7) is 0.988. The predicted molar refractivity (Wildman–Crippen MR) is 84.3 cm³/mol. The van der Waals surface area contributed by atoms with Crippen LogP contribution in [0.1, 0.15) is 5.56 Å². The van der Waals surface area contributed by atoms with Crippen molar-refractivity contribution in [1.82, 2.24) is 9.97 Å². The molecule has 106 valence electrons. The molecule has 2 aromatic rings. The average Bonchev–Trinajstić information content (AvgIpc) is 2.43. The molecule has 0 saturated carbocycles. The van der Waals surface area contributed by atoms with Gasteiger partial charge in [-0.2, -0.15) is 0 Å². The maximum absolute atomic E-state index is 9.18. The molecule has 0 aliphatic rings. The number of aliphatic hydroxyl groups is 1. The number of anilines is 1. The molecule has 1 heterocycles. The highest BCUT2D eigenvalue weighted by molar-refractivity contribution is 9.10. The van der Waals surface area contributed by atoms with E-state index in [-0.39, 0.29) is 6.61 Å². The summed E-state index contributed by atoms with van der Waals surface area (Å²) in [7, 11) is 0. The Kier molecular flexibility index (Phi) is 5.60. The van der Waals surface area contributed by atoms with Gasteiger partial charge in [0.05, 0.1) is 21.1 Å². The lowest BCUT2D eigenvalue weighted by atomic mass is 10.2. The van der Waals surface area contributed by atoms with Crippen molar-refractivity contribution in [3.05, 3.63) is 50.7 Å². The van der Waals surface area contributed by atoms with E-state index < -0.39 is 0 Å². The van der Waals surface area contributed by atoms with Gasteiger partial charge in [-0.25, -0.2) is 9.97 Å². The standard InChI is InChI=1S/C13H12BrCl2N3O/c14-10-6-17-13(18-7-10)19(3-4-20)8-9-1-2-11(15)12(16)5-9/h1-2,5-7,20H,3-4,8H2. The monoisotopic (exact) mass is 375 g/mol. The van der Waals surface area contributed by atoms with Crippen LogP contribution < -0.4 is 4.90 Å². The van der Waals surface area contributed by atoms with Crippen LogP contribution >= 0.6 is 39.1 Å². The summed E-state index contributed by atoms with van der Waals surface area (Å²) in [6, 6.07) is 5.43. The van der Waals surface area contributed by atoms with E-state index in [1.54, 1.807) is 24.5 Å². The van der Waals surface area contributed by atoms with Gasteiger partial charge in [0.15, 0.2) is 0 Å². The van der Waals surface area contributed by atoms with Crippen molar-refractivity contribution in [2.75, 3.05) is 18.1 Å². The minimum Gasteiger partial charge on any atom is -0.395 e. The fraction of sp³-hybridized carbons (Fsp3) is 0.231. The topological polar surface area (TPSA) is 49.2 Å².